The first-order chi connectivity index (χ1) is 7.84. The van der Waals surface area contributed by atoms with Crippen molar-refractivity contribution in [3.8, 4) is 11.5 Å². The van der Waals surface area contributed by atoms with E-state index in [0.717, 1.165) is 22.6 Å². The van der Waals surface area contributed by atoms with Crippen LogP contribution in [-0.4, -0.2) is 15.0 Å². The highest BCUT2D eigenvalue weighted by Gasteiger charge is 2.06. The fourth-order valence-corrected chi connectivity index (χ4v) is 1.80. The molecule has 0 unspecified atom stereocenters. The second-order valence-corrected chi connectivity index (χ2v) is 3.77. The van der Waals surface area contributed by atoms with Crippen LogP contribution in [0.1, 0.15) is 5.56 Å². The Hall–Kier alpha value is -2.16. The highest BCUT2D eigenvalue weighted by Crippen LogP contribution is 2.20. The van der Waals surface area contributed by atoms with E-state index in [1.54, 1.807) is 6.20 Å². The molecule has 78 valence electrons. The Morgan fingerprint density at radius 3 is 2.75 bits per heavy atom. The van der Waals surface area contributed by atoms with E-state index in [0.29, 0.717) is 0 Å². The van der Waals surface area contributed by atoms with Crippen LogP contribution in [-0.2, 0) is 0 Å². The molecule has 0 aliphatic carbocycles. The molecule has 0 spiro atoms. The number of nitrogens with zero attached hydrogens (tertiary/aromatic N) is 2. The number of benzene rings is 1. The minimum atomic E-state index is 0.824. The SMILES string of the molecule is Cc1cccc2[nH]c(-c3ccccn3)nc12. The number of H-pyrrole nitrogens is 1. The highest BCUT2D eigenvalue weighted by molar-refractivity contribution is 5.81. The van der Waals surface area contributed by atoms with Crippen LogP contribution in [0.15, 0.2) is 42.6 Å². The van der Waals surface area contributed by atoms with Crippen LogP contribution in [0.3, 0.4) is 0 Å². The molecule has 3 rings (SSSR count). The molecule has 0 bridgehead atoms. The molecule has 0 radical (unpaired) electrons. The van der Waals surface area contributed by atoms with Gasteiger partial charge in [0.05, 0.1) is 11.0 Å². The summed E-state index contributed by atoms with van der Waals surface area (Å²) in [5.41, 5.74) is 4.12. The Morgan fingerprint density at radius 2 is 2.00 bits per heavy atom. The van der Waals surface area contributed by atoms with Gasteiger partial charge in [-0.1, -0.05) is 18.2 Å². The van der Waals surface area contributed by atoms with Crippen molar-refractivity contribution in [2.75, 3.05) is 0 Å². The number of aromatic nitrogens is 3. The van der Waals surface area contributed by atoms with E-state index >= 15 is 0 Å². The Kier molecular flexibility index (Phi) is 1.96. The maximum Gasteiger partial charge on any atom is 0.157 e. The van der Waals surface area contributed by atoms with Crippen LogP contribution >= 0.6 is 0 Å². The van der Waals surface area contributed by atoms with Gasteiger partial charge in [0.25, 0.3) is 0 Å². The summed E-state index contributed by atoms with van der Waals surface area (Å²) >= 11 is 0. The molecule has 1 aromatic carbocycles. The lowest BCUT2D eigenvalue weighted by Gasteiger charge is -1.92. The number of hydrogen-bond donors (Lipinski definition) is 1. The Labute approximate surface area is 93.2 Å². The van der Waals surface area contributed by atoms with Gasteiger partial charge in [0, 0.05) is 6.20 Å². The second-order valence-electron chi connectivity index (χ2n) is 3.77. The minimum absolute atomic E-state index is 0.824. The molecule has 0 aliphatic rings. The van der Waals surface area contributed by atoms with Gasteiger partial charge in [-0.3, -0.25) is 4.98 Å². The zero-order valence-electron chi connectivity index (χ0n) is 8.94. The van der Waals surface area contributed by atoms with Gasteiger partial charge < -0.3 is 4.98 Å². The molecule has 16 heavy (non-hydrogen) atoms. The van der Waals surface area contributed by atoms with Crippen molar-refractivity contribution in [3.63, 3.8) is 0 Å². The Morgan fingerprint density at radius 1 is 1.06 bits per heavy atom. The van der Waals surface area contributed by atoms with E-state index in [9.17, 15) is 0 Å². The van der Waals surface area contributed by atoms with Crippen LogP contribution in [0.5, 0.6) is 0 Å². The zero-order valence-corrected chi connectivity index (χ0v) is 8.94. The summed E-state index contributed by atoms with van der Waals surface area (Å²) in [5.74, 6) is 0.824. The zero-order chi connectivity index (χ0) is 11.0. The first-order valence-electron chi connectivity index (χ1n) is 5.21. The monoisotopic (exact) mass is 209 g/mol. The molecule has 0 fully saturated rings. The summed E-state index contributed by atoms with van der Waals surface area (Å²) in [6.07, 6.45) is 1.77. The van der Waals surface area contributed by atoms with E-state index in [1.807, 2.05) is 30.3 Å². The summed E-state index contributed by atoms with van der Waals surface area (Å²) in [6.45, 7) is 2.06. The van der Waals surface area contributed by atoms with Crippen LogP contribution in [0, 0.1) is 6.92 Å². The second kappa shape index (κ2) is 3.45. The molecule has 0 atom stereocenters. The topological polar surface area (TPSA) is 41.6 Å². The number of hydrogen-bond acceptors (Lipinski definition) is 2. The summed E-state index contributed by atoms with van der Waals surface area (Å²) in [6, 6.07) is 11.9. The summed E-state index contributed by atoms with van der Waals surface area (Å²) in [7, 11) is 0. The van der Waals surface area contributed by atoms with Gasteiger partial charge in [0.1, 0.15) is 5.69 Å². The fraction of sp³-hybridized carbons (Fsp3) is 0.0769. The fourth-order valence-electron chi connectivity index (χ4n) is 1.80. The third-order valence-electron chi connectivity index (χ3n) is 2.62. The molecule has 3 heteroatoms. The van der Waals surface area contributed by atoms with Gasteiger partial charge in [-0.05, 0) is 30.7 Å². The van der Waals surface area contributed by atoms with Crippen molar-refractivity contribution in [1.82, 2.24) is 15.0 Å². The minimum Gasteiger partial charge on any atom is -0.337 e. The molecule has 0 saturated heterocycles. The predicted molar refractivity (Wildman–Crippen MR) is 64.1 cm³/mol. The van der Waals surface area contributed by atoms with E-state index in [2.05, 4.69) is 27.9 Å². The lowest BCUT2D eigenvalue weighted by Crippen LogP contribution is -1.83. The lowest BCUT2D eigenvalue weighted by atomic mass is 10.2. The summed E-state index contributed by atoms with van der Waals surface area (Å²) in [4.78, 5) is 12.1. The van der Waals surface area contributed by atoms with Crippen molar-refractivity contribution in [2.24, 2.45) is 0 Å². The summed E-state index contributed by atoms with van der Waals surface area (Å²) in [5, 5.41) is 0. The molecular formula is C13H11N3. The van der Waals surface area contributed by atoms with Crippen LogP contribution in [0.4, 0.5) is 0 Å². The molecule has 2 aromatic heterocycles. The smallest absolute Gasteiger partial charge is 0.157 e. The maximum absolute atomic E-state index is 4.56. The van der Waals surface area contributed by atoms with E-state index < -0.39 is 0 Å². The highest BCUT2D eigenvalue weighted by atomic mass is 14.9. The molecule has 0 saturated carbocycles. The van der Waals surface area contributed by atoms with Crippen molar-refractivity contribution in [1.29, 1.82) is 0 Å². The van der Waals surface area contributed by atoms with E-state index in [1.165, 1.54) is 5.56 Å². The number of imidazole rings is 1. The normalized spacial score (nSPS) is 10.8. The standard InChI is InChI=1S/C13H11N3/c1-9-5-4-7-10-12(9)16-13(15-10)11-6-2-3-8-14-11/h2-8H,1H3,(H,15,16). The maximum atomic E-state index is 4.56. The van der Waals surface area contributed by atoms with Crippen LogP contribution < -0.4 is 0 Å². The quantitative estimate of drug-likeness (QED) is 0.669. The van der Waals surface area contributed by atoms with Gasteiger partial charge in [0.15, 0.2) is 5.82 Å². The molecule has 0 aliphatic heterocycles. The number of aryl methyl sites for hydroxylation is 1. The van der Waals surface area contributed by atoms with Crippen molar-refractivity contribution < 1.29 is 0 Å². The Balaban J connectivity index is 2.23. The van der Waals surface area contributed by atoms with Gasteiger partial charge >= 0.3 is 0 Å². The van der Waals surface area contributed by atoms with Crippen LogP contribution in [0.25, 0.3) is 22.6 Å². The first kappa shape index (κ1) is 9.09. The van der Waals surface area contributed by atoms with Gasteiger partial charge in [-0.2, -0.15) is 0 Å². The molecule has 0 amide bonds. The van der Waals surface area contributed by atoms with Crippen molar-refractivity contribution >= 4 is 11.0 Å². The predicted octanol–water partition coefficient (Wildman–Crippen LogP) is 2.93. The number of fused-ring (bicyclic) bond motifs is 1. The van der Waals surface area contributed by atoms with E-state index in [4.69, 9.17) is 0 Å². The number of rotatable bonds is 1. The summed E-state index contributed by atoms with van der Waals surface area (Å²) < 4.78 is 0. The van der Waals surface area contributed by atoms with Crippen molar-refractivity contribution in [3.05, 3.63) is 48.2 Å². The number of nitrogens with one attached hydrogen (secondary N) is 1. The molecular weight excluding hydrogens is 198 g/mol. The molecule has 2 heterocycles. The molecule has 1 N–H and O–H groups in total. The average Bonchev–Trinajstić information content (AvgIpc) is 2.76. The first-order valence-corrected chi connectivity index (χ1v) is 5.21. The molecule has 3 nitrogen and oxygen atoms in total. The largest absolute Gasteiger partial charge is 0.337 e. The van der Waals surface area contributed by atoms with Crippen LogP contribution in [0.2, 0.25) is 0 Å². The van der Waals surface area contributed by atoms with Gasteiger partial charge in [-0.15, -0.1) is 0 Å². The lowest BCUT2D eigenvalue weighted by molar-refractivity contribution is 1.24. The number of para-hydroxylation sites is 1. The average molecular weight is 209 g/mol. The Bertz CT molecular complexity index is 626. The van der Waals surface area contributed by atoms with Gasteiger partial charge in [0.2, 0.25) is 0 Å². The third kappa shape index (κ3) is 1.37. The number of pyridine rings is 1. The molecule has 3 aromatic rings. The van der Waals surface area contributed by atoms with Gasteiger partial charge in [-0.25, -0.2) is 4.98 Å². The number of aromatic amines is 1. The third-order valence-corrected chi connectivity index (χ3v) is 2.62. The van der Waals surface area contributed by atoms with E-state index in [-0.39, 0.29) is 0 Å². The van der Waals surface area contributed by atoms with Crippen molar-refractivity contribution in [2.45, 2.75) is 6.92 Å².